The Morgan fingerprint density at radius 2 is 1.46 bits per heavy atom. The van der Waals surface area contributed by atoms with Crippen molar-refractivity contribution >= 4 is 11.8 Å². The van der Waals surface area contributed by atoms with E-state index in [1.54, 1.807) is 24.8 Å². The zero-order valence-electron chi connectivity index (χ0n) is 20.9. The Bertz CT molecular complexity index is 987. The molecule has 3 rings (SSSR count). The molecule has 0 aliphatic rings. The minimum atomic E-state index is -0.385. The number of aromatic amines is 2. The van der Waals surface area contributed by atoms with Crippen molar-refractivity contribution in [1.29, 1.82) is 0 Å². The Morgan fingerprint density at radius 3 is 1.94 bits per heavy atom. The molecular formula is C24H35N9O2. The van der Waals surface area contributed by atoms with Crippen molar-refractivity contribution in [3.63, 3.8) is 0 Å². The predicted molar refractivity (Wildman–Crippen MR) is 131 cm³/mol. The molecule has 0 aromatic carbocycles. The van der Waals surface area contributed by atoms with E-state index in [1.807, 2.05) is 0 Å². The fourth-order valence-corrected chi connectivity index (χ4v) is 3.86. The predicted octanol–water partition coefficient (Wildman–Crippen LogP) is 2.39. The lowest BCUT2D eigenvalue weighted by atomic mass is 10.2. The maximum Gasteiger partial charge on any atom is 0.292 e. The van der Waals surface area contributed by atoms with Gasteiger partial charge in [-0.2, -0.15) is 0 Å². The van der Waals surface area contributed by atoms with Crippen molar-refractivity contribution in [2.24, 2.45) is 0 Å². The molecule has 0 unspecified atom stereocenters. The highest BCUT2D eigenvalue weighted by atomic mass is 16.2. The van der Waals surface area contributed by atoms with Gasteiger partial charge in [0, 0.05) is 55.8 Å². The fraction of sp³-hybridized carbons (Fsp3) is 0.500. The summed E-state index contributed by atoms with van der Waals surface area (Å²) in [5.74, 6) is 0.625. The SMILES string of the molecule is CC(C)N(CCCCNC(=O)c1cnc(C(=O)N(Cc2ncc[nH]2)Cc2ncc[nH]2)nc1)C(C)C. The molecule has 11 heteroatoms. The molecule has 3 heterocycles. The van der Waals surface area contributed by atoms with Crippen LogP contribution >= 0.6 is 0 Å². The first-order chi connectivity index (χ1) is 16.8. The summed E-state index contributed by atoms with van der Waals surface area (Å²) in [6, 6.07) is 0.995. The van der Waals surface area contributed by atoms with E-state index in [2.05, 4.69) is 67.8 Å². The molecule has 2 amide bonds. The molecule has 11 nitrogen and oxygen atoms in total. The fourth-order valence-electron chi connectivity index (χ4n) is 3.86. The summed E-state index contributed by atoms with van der Waals surface area (Å²) in [6.45, 7) is 10.8. The van der Waals surface area contributed by atoms with Gasteiger partial charge in [0.05, 0.1) is 18.7 Å². The third-order valence-corrected chi connectivity index (χ3v) is 5.64. The number of amides is 2. The van der Waals surface area contributed by atoms with E-state index in [9.17, 15) is 9.59 Å². The van der Waals surface area contributed by atoms with E-state index in [0.29, 0.717) is 35.8 Å². The van der Waals surface area contributed by atoms with Crippen molar-refractivity contribution in [2.75, 3.05) is 13.1 Å². The van der Waals surface area contributed by atoms with Crippen LogP contribution in [0, 0.1) is 0 Å². The van der Waals surface area contributed by atoms with Gasteiger partial charge in [-0.25, -0.2) is 19.9 Å². The van der Waals surface area contributed by atoms with Crippen molar-refractivity contribution in [2.45, 2.75) is 65.7 Å². The largest absolute Gasteiger partial charge is 0.352 e. The van der Waals surface area contributed by atoms with E-state index in [4.69, 9.17) is 0 Å². The first kappa shape index (κ1) is 26.0. The summed E-state index contributed by atoms with van der Waals surface area (Å²) >= 11 is 0. The molecule has 0 aliphatic carbocycles. The summed E-state index contributed by atoms with van der Waals surface area (Å²) in [5.41, 5.74) is 0.316. The lowest BCUT2D eigenvalue weighted by molar-refractivity contribution is 0.0708. The van der Waals surface area contributed by atoms with Crippen molar-refractivity contribution in [1.82, 2.24) is 45.0 Å². The van der Waals surface area contributed by atoms with Crippen LogP contribution in [0.4, 0.5) is 0 Å². The van der Waals surface area contributed by atoms with Crippen LogP contribution < -0.4 is 5.32 Å². The smallest absolute Gasteiger partial charge is 0.292 e. The zero-order chi connectivity index (χ0) is 25.2. The van der Waals surface area contributed by atoms with Crippen LogP contribution in [0.5, 0.6) is 0 Å². The van der Waals surface area contributed by atoms with E-state index in [1.165, 1.54) is 17.3 Å². The third kappa shape index (κ3) is 7.71. The monoisotopic (exact) mass is 481 g/mol. The van der Waals surface area contributed by atoms with E-state index in [0.717, 1.165) is 19.4 Å². The van der Waals surface area contributed by atoms with Crippen LogP contribution in [-0.4, -0.2) is 76.7 Å². The van der Waals surface area contributed by atoms with Crippen molar-refractivity contribution in [3.05, 3.63) is 60.2 Å². The number of hydrogen-bond donors (Lipinski definition) is 3. The number of aromatic nitrogens is 6. The highest BCUT2D eigenvalue weighted by molar-refractivity contribution is 5.94. The highest BCUT2D eigenvalue weighted by Crippen LogP contribution is 2.09. The van der Waals surface area contributed by atoms with Gasteiger partial charge in [0.2, 0.25) is 5.82 Å². The molecule has 188 valence electrons. The molecule has 0 radical (unpaired) electrons. The number of nitrogens with one attached hydrogen (secondary N) is 3. The maximum absolute atomic E-state index is 13.1. The third-order valence-electron chi connectivity index (χ3n) is 5.64. The number of imidazole rings is 2. The van der Waals surface area contributed by atoms with E-state index < -0.39 is 0 Å². The van der Waals surface area contributed by atoms with Gasteiger partial charge in [-0.15, -0.1) is 0 Å². The Labute approximate surface area is 205 Å². The Hall–Kier alpha value is -3.60. The molecule has 0 saturated heterocycles. The number of H-pyrrole nitrogens is 2. The number of carbonyl (C=O) groups is 2. The number of carbonyl (C=O) groups excluding carboxylic acids is 2. The Morgan fingerprint density at radius 1 is 0.886 bits per heavy atom. The molecule has 0 saturated carbocycles. The van der Waals surface area contributed by atoms with Crippen LogP contribution in [0.15, 0.2) is 37.2 Å². The maximum atomic E-state index is 13.1. The van der Waals surface area contributed by atoms with Crippen LogP contribution in [0.25, 0.3) is 0 Å². The van der Waals surface area contributed by atoms with Gasteiger partial charge in [0.15, 0.2) is 0 Å². The zero-order valence-corrected chi connectivity index (χ0v) is 20.9. The summed E-state index contributed by atoms with van der Waals surface area (Å²) in [6.07, 6.45) is 11.3. The summed E-state index contributed by atoms with van der Waals surface area (Å²) < 4.78 is 0. The van der Waals surface area contributed by atoms with Crippen LogP contribution in [0.3, 0.4) is 0 Å². The van der Waals surface area contributed by atoms with Gasteiger partial charge in [0.25, 0.3) is 11.8 Å². The van der Waals surface area contributed by atoms with Gasteiger partial charge in [-0.3, -0.25) is 14.5 Å². The van der Waals surface area contributed by atoms with Crippen LogP contribution in [-0.2, 0) is 13.1 Å². The first-order valence-corrected chi connectivity index (χ1v) is 12.0. The molecule has 3 aromatic rings. The minimum Gasteiger partial charge on any atom is -0.352 e. The number of rotatable bonds is 13. The first-order valence-electron chi connectivity index (χ1n) is 12.0. The molecule has 0 spiro atoms. The second-order valence-corrected chi connectivity index (χ2v) is 8.92. The Balaban J connectivity index is 1.53. The number of unbranched alkanes of at least 4 members (excludes halogenated alkanes) is 1. The van der Waals surface area contributed by atoms with Gasteiger partial charge in [-0.05, 0) is 47.1 Å². The normalized spacial score (nSPS) is 11.4. The molecule has 0 bridgehead atoms. The highest BCUT2D eigenvalue weighted by Gasteiger charge is 2.21. The quantitative estimate of drug-likeness (QED) is 0.319. The molecule has 0 atom stereocenters. The second kappa shape index (κ2) is 12.7. The second-order valence-electron chi connectivity index (χ2n) is 8.92. The molecule has 3 aromatic heterocycles. The van der Waals surface area contributed by atoms with Gasteiger partial charge in [-0.1, -0.05) is 0 Å². The van der Waals surface area contributed by atoms with E-state index in [-0.39, 0.29) is 30.7 Å². The molecule has 0 aliphatic heterocycles. The van der Waals surface area contributed by atoms with E-state index >= 15 is 0 Å². The van der Waals surface area contributed by atoms with Gasteiger partial charge < -0.3 is 20.2 Å². The summed E-state index contributed by atoms with van der Waals surface area (Å²) in [4.78, 5) is 52.2. The Kier molecular flexibility index (Phi) is 9.47. The molecular weight excluding hydrogens is 446 g/mol. The van der Waals surface area contributed by atoms with Crippen LogP contribution in [0.2, 0.25) is 0 Å². The number of hydrogen-bond acceptors (Lipinski definition) is 7. The minimum absolute atomic E-state index is 0.00197. The molecule has 3 N–H and O–H groups in total. The average Bonchev–Trinajstić information content (AvgIpc) is 3.54. The van der Waals surface area contributed by atoms with Gasteiger partial charge in [0.1, 0.15) is 11.6 Å². The average molecular weight is 482 g/mol. The van der Waals surface area contributed by atoms with Gasteiger partial charge >= 0.3 is 0 Å². The molecule has 0 fully saturated rings. The summed E-state index contributed by atoms with van der Waals surface area (Å²) in [7, 11) is 0. The summed E-state index contributed by atoms with van der Waals surface area (Å²) in [5, 5.41) is 2.90. The molecule has 35 heavy (non-hydrogen) atoms. The number of nitrogens with zero attached hydrogens (tertiary/aromatic N) is 6. The lowest BCUT2D eigenvalue weighted by Gasteiger charge is -2.30. The van der Waals surface area contributed by atoms with Crippen molar-refractivity contribution < 1.29 is 9.59 Å². The topological polar surface area (TPSA) is 136 Å². The van der Waals surface area contributed by atoms with Crippen molar-refractivity contribution in [3.8, 4) is 0 Å². The van der Waals surface area contributed by atoms with Crippen LogP contribution in [0.1, 0.15) is 73.2 Å². The standard InChI is InChI=1S/C24H35N9O2/c1-17(2)33(18(3)4)12-6-5-7-29-23(34)19-13-30-22(31-14-19)24(35)32(15-20-25-8-9-26-20)16-21-27-10-11-28-21/h8-11,13-14,17-18H,5-7,12,15-16H2,1-4H3,(H,25,26)(H,27,28)(H,29,34). The lowest BCUT2D eigenvalue weighted by Crippen LogP contribution is -2.38.